The monoisotopic (exact) mass is 451 g/mol. The van der Waals surface area contributed by atoms with E-state index in [1.54, 1.807) is 37.3 Å². The Balaban J connectivity index is 1.72. The lowest BCUT2D eigenvalue weighted by molar-refractivity contribution is -0.121. The number of hydrogen-bond acceptors (Lipinski definition) is 6. The van der Waals surface area contributed by atoms with Crippen LogP contribution in [0.15, 0.2) is 47.5 Å². The van der Waals surface area contributed by atoms with Crippen LogP contribution in [0.25, 0.3) is 10.2 Å². The van der Waals surface area contributed by atoms with Gasteiger partial charge in [0.2, 0.25) is 11.8 Å². The summed E-state index contributed by atoms with van der Waals surface area (Å²) in [6.07, 6.45) is 0.348. The van der Waals surface area contributed by atoms with Gasteiger partial charge in [0.05, 0.1) is 28.1 Å². The van der Waals surface area contributed by atoms with Gasteiger partial charge in [-0.25, -0.2) is 4.79 Å². The number of hydrogen-bond donors (Lipinski definition) is 0. The largest absolute Gasteiger partial charge is 0.462 e. The molecular weight excluding hydrogens is 430 g/mol. The molecule has 1 aliphatic heterocycles. The molecule has 1 aromatic heterocycles. The highest BCUT2D eigenvalue weighted by Crippen LogP contribution is 2.24. The fourth-order valence-electron chi connectivity index (χ4n) is 3.60. The van der Waals surface area contributed by atoms with Crippen LogP contribution in [0.4, 0.5) is 5.69 Å². The SMILES string of the molecule is CCOC(=O)c1ccc2c(c1)sc(=NC(=O)c1cccc(N3C(=O)CCC3=O)c1)n2CC. The fraction of sp³-hybridized carbons (Fsp3) is 0.261. The maximum absolute atomic E-state index is 12.9. The molecule has 1 saturated heterocycles. The number of thiazole rings is 1. The summed E-state index contributed by atoms with van der Waals surface area (Å²) < 4.78 is 7.76. The number of fused-ring (bicyclic) bond motifs is 1. The van der Waals surface area contributed by atoms with Crippen molar-refractivity contribution < 1.29 is 23.9 Å². The van der Waals surface area contributed by atoms with Crippen LogP contribution in [0.5, 0.6) is 0 Å². The first-order chi connectivity index (χ1) is 15.4. The molecule has 2 aromatic carbocycles. The third-order valence-corrected chi connectivity index (χ3v) is 6.15. The second kappa shape index (κ2) is 8.88. The molecule has 2 heterocycles. The summed E-state index contributed by atoms with van der Waals surface area (Å²) in [6.45, 7) is 4.57. The van der Waals surface area contributed by atoms with Crippen molar-refractivity contribution in [1.82, 2.24) is 4.57 Å². The molecule has 0 aliphatic carbocycles. The smallest absolute Gasteiger partial charge is 0.338 e. The van der Waals surface area contributed by atoms with Crippen molar-refractivity contribution in [2.24, 2.45) is 4.99 Å². The van der Waals surface area contributed by atoms with E-state index in [-0.39, 0.29) is 30.2 Å². The number of amides is 3. The maximum atomic E-state index is 12.9. The average molecular weight is 452 g/mol. The van der Waals surface area contributed by atoms with Crippen molar-refractivity contribution in [3.8, 4) is 0 Å². The number of rotatable bonds is 5. The molecule has 0 unspecified atom stereocenters. The number of carbonyl (C=O) groups is 4. The predicted octanol–water partition coefficient (Wildman–Crippen LogP) is 3.29. The zero-order valence-electron chi connectivity index (χ0n) is 17.7. The summed E-state index contributed by atoms with van der Waals surface area (Å²) in [5.74, 6) is -1.43. The van der Waals surface area contributed by atoms with Gasteiger partial charge >= 0.3 is 5.97 Å². The molecule has 32 heavy (non-hydrogen) atoms. The molecule has 3 aromatic rings. The summed E-state index contributed by atoms with van der Waals surface area (Å²) in [5, 5.41) is 0. The van der Waals surface area contributed by atoms with E-state index >= 15 is 0 Å². The zero-order chi connectivity index (χ0) is 22.8. The van der Waals surface area contributed by atoms with Gasteiger partial charge in [-0.05, 0) is 50.2 Å². The van der Waals surface area contributed by atoms with Crippen molar-refractivity contribution >= 4 is 50.9 Å². The Morgan fingerprint density at radius 3 is 2.47 bits per heavy atom. The van der Waals surface area contributed by atoms with E-state index in [1.165, 1.54) is 17.4 Å². The lowest BCUT2D eigenvalue weighted by atomic mass is 10.2. The standard InChI is InChI=1S/C23H21N3O5S/c1-3-25-17-9-8-15(22(30)31-4-2)13-18(17)32-23(25)24-21(29)14-6-5-7-16(12-14)26-19(27)10-11-20(26)28/h5-9,12-13H,3-4,10-11H2,1-2H3. The number of imide groups is 1. The van der Waals surface area contributed by atoms with Crippen LogP contribution in [-0.2, 0) is 20.9 Å². The Morgan fingerprint density at radius 2 is 1.78 bits per heavy atom. The number of aromatic nitrogens is 1. The quantitative estimate of drug-likeness (QED) is 0.438. The van der Waals surface area contributed by atoms with Crippen molar-refractivity contribution in [3.63, 3.8) is 0 Å². The van der Waals surface area contributed by atoms with Crippen molar-refractivity contribution in [1.29, 1.82) is 0 Å². The molecule has 0 atom stereocenters. The molecule has 3 amide bonds. The molecule has 0 spiro atoms. The maximum Gasteiger partial charge on any atom is 0.338 e. The number of nitrogens with zero attached hydrogens (tertiary/aromatic N) is 3. The summed E-state index contributed by atoms with van der Waals surface area (Å²) >= 11 is 1.30. The molecule has 0 N–H and O–H groups in total. The molecule has 9 heteroatoms. The highest BCUT2D eigenvalue weighted by Gasteiger charge is 2.30. The molecule has 1 fully saturated rings. The van der Waals surface area contributed by atoms with Crippen molar-refractivity contribution in [2.75, 3.05) is 11.5 Å². The Kier molecular flexibility index (Phi) is 6.00. The average Bonchev–Trinajstić information content (AvgIpc) is 3.31. The van der Waals surface area contributed by atoms with E-state index < -0.39 is 11.9 Å². The van der Waals surface area contributed by atoms with Crippen molar-refractivity contribution in [2.45, 2.75) is 33.2 Å². The van der Waals surface area contributed by atoms with Crippen LogP contribution in [0.2, 0.25) is 0 Å². The molecular formula is C23H21N3O5S. The number of carbonyl (C=O) groups excluding carboxylic acids is 4. The highest BCUT2D eigenvalue weighted by molar-refractivity contribution is 7.16. The first kappa shape index (κ1) is 21.6. The van der Waals surface area contributed by atoms with Crippen LogP contribution in [0.1, 0.15) is 47.4 Å². The highest BCUT2D eigenvalue weighted by atomic mass is 32.1. The Bertz CT molecular complexity index is 1300. The molecule has 0 saturated carbocycles. The molecule has 4 rings (SSSR count). The van der Waals surface area contributed by atoms with Gasteiger partial charge in [-0.15, -0.1) is 0 Å². The van der Waals surface area contributed by atoms with Gasteiger partial charge in [-0.1, -0.05) is 17.4 Å². The number of anilines is 1. The van der Waals surface area contributed by atoms with Gasteiger partial charge in [0, 0.05) is 24.9 Å². The Hall–Kier alpha value is -3.59. The Labute approximate surface area is 187 Å². The zero-order valence-corrected chi connectivity index (χ0v) is 18.5. The molecule has 8 nitrogen and oxygen atoms in total. The fourth-order valence-corrected chi connectivity index (χ4v) is 4.73. The van der Waals surface area contributed by atoms with Crippen LogP contribution >= 0.6 is 11.3 Å². The van der Waals surface area contributed by atoms with E-state index in [1.807, 2.05) is 17.6 Å². The summed E-state index contributed by atoms with van der Waals surface area (Å²) in [4.78, 5) is 54.9. The van der Waals surface area contributed by atoms with E-state index in [9.17, 15) is 19.2 Å². The molecule has 164 valence electrons. The van der Waals surface area contributed by atoms with Gasteiger partial charge in [0.1, 0.15) is 0 Å². The van der Waals surface area contributed by atoms with Gasteiger partial charge in [-0.2, -0.15) is 4.99 Å². The minimum absolute atomic E-state index is 0.174. The second-order valence-corrected chi connectivity index (χ2v) is 8.13. The van der Waals surface area contributed by atoms with Crippen LogP contribution < -0.4 is 9.70 Å². The van der Waals surface area contributed by atoms with E-state index in [0.717, 1.165) is 15.1 Å². The molecule has 1 aliphatic rings. The van der Waals surface area contributed by atoms with Crippen LogP contribution in [0, 0.1) is 0 Å². The number of ether oxygens (including phenoxy) is 1. The first-order valence-electron chi connectivity index (χ1n) is 10.3. The molecule has 0 radical (unpaired) electrons. The normalized spacial score (nSPS) is 14.4. The minimum atomic E-state index is -0.481. The lowest BCUT2D eigenvalue weighted by Gasteiger charge is -2.14. The van der Waals surface area contributed by atoms with Crippen LogP contribution in [0.3, 0.4) is 0 Å². The third-order valence-electron chi connectivity index (χ3n) is 5.11. The van der Waals surface area contributed by atoms with Crippen molar-refractivity contribution in [3.05, 3.63) is 58.4 Å². The first-order valence-corrected chi connectivity index (χ1v) is 11.1. The number of aryl methyl sites for hydroxylation is 1. The van der Waals surface area contributed by atoms with Gasteiger partial charge in [0.15, 0.2) is 4.80 Å². The predicted molar refractivity (Wildman–Crippen MR) is 120 cm³/mol. The van der Waals surface area contributed by atoms with E-state index in [0.29, 0.717) is 29.2 Å². The summed E-state index contributed by atoms with van der Waals surface area (Å²) in [5.41, 5.74) is 1.95. The summed E-state index contributed by atoms with van der Waals surface area (Å²) in [7, 11) is 0. The Morgan fingerprint density at radius 1 is 1.03 bits per heavy atom. The van der Waals surface area contributed by atoms with Gasteiger partial charge < -0.3 is 9.30 Å². The number of benzene rings is 2. The minimum Gasteiger partial charge on any atom is -0.462 e. The van der Waals surface area contributed by atoms with E-state index in [4.69, 9.17) is 4.74 Å². The third kappa shape index (κ3) is 3.99. The topological polar surface area (TPSA) is 98.0 Å². The summed E-state index contributed by atoms with van der Waals surface area (Å²) in [6, 6.07) is 11.6. The lowest BCUT2D eigenvalue weighted by Crippen LogP contribution is -2.28. The van der Waals surface area contributed by atoms with E-state index in [2.05, 4.69) is 4.99 Å². The van der Waals surface area contributed by atoms with Gasteiger partial charge in [0.25, 0.3) is 5.91 Å². The van der Waals surface area contributed by atoms with Crippen LogP contribution in [-0.4, -0.2) is 34.9 Å². The molecule has 0 bridgehead atoms. The second-order valence-electron chi connectivity index (χ2n) is 7.12. The van der Waals surface area contributed by atoms with Gasteiger partial charge in [-0.3, -0.25) is 19.3 Å². The number of esters is 1.